The first-order chi connectivity index (χ1) is 6.59. The van der Waals surface area contributed by atoms with E-state index in [0.29, 0.717) is 5.65 Å². The number of halogens is 1. The smallest absolute Gasteiger partial charge is 0.417 e. The molecule has 0 amide bonds. The van der Waals surface area contributed by atoms with Crippen LogP contribution < -0.4 is 0 Å². The molecule has 1 N–H and O–H groups in total. The average Bonchev–Trinajstić information content (AvgIpc) is 2.47. The largest absolute Gasteiger partial charge is 0.464 e. The van der Waals surface area contributed by atoms with Crippen molar-refractivity contribution in [2.45, 2.75) is 6.92 Å². The molecule has 2 aromatic rings. The molecule has 72 valence electrons. The monoisotopic (exact) mass is 254 g/mol. The molecule has 0 atom stereocenters. The van der Waals surface area contributed by atoms with Crippen LogP contribution in [0.5, 0.6) is 0 Å². The summed E-state index contributed by atoms with van der Waals surface area (Å²) in [7, 11) is 0. The molecule has 2 heterocycles. The molecule has 5 heteroatoms. The van der Waals surface area contributed by atoms with Gasteiger partial charge in [0.05, 0.1) is 0 Å². The lowest BCUT2D eigenvalue weighted by atomic mass is 10.3. The summed E-state index contributed by atoms with van der Waals surface area (Å²) in [5.41, 5.74) is 1.25. The summed E-state index contributed by atoms with van der Waals surface area (Å²) in [6.45, 7) is 1.82. The van der Waals surface area contributed by atoms with Crippen molar-refractivity contribution in [2.24, 2.45) is 0 Å². The van der Waals surface area contributed by atoms with Crippen LogP contribution in [0.3, 0.4) is 0 Å². The summed E-state index contributed by atoms with van der Waals surface area (Å²) in [5.74, 6) is 0. The molecule has 0 saturated heterocycles. The molecule has 2 rings (SSSR count). The number of hydrogen-bond donors (Lipinski definition) is 1. The van der Waals surface area contributed by atoms with E-state index in [4.69, 9.17) is 5.11 Å². The van der Waals surface area contributed by atoms with Gasteiger partial charge in [0.15, 0.2) is 5.65 Å². The van der Waals surface area contributed by atoms with Gasteiger partial charge >= 0.3 is 6.09 Å². The number of aryl methyl sites for hydroxylation is 1. The van der Waals surface area contributed by atoms with E-state index in [1.807, 2.05) is 13.0 Å². The second kappa shape index (κ2) is 3.09. The van der Waals surface area contributed by atoms with Gasteiger partial charge < -0.3 is 5.11 Å². The minimum Gasteiger partial charge on any atom is -0.464 e. The quantitative estimate of drug-likeness (QED) is 0.787. The predicted molar refractivity (Wildman–Crippen MR) is 55.6 cm³/mol. The number of pyridine rings is 1. The molecule has 0 aliphatic heterocycles. The minimum absolute atomic E-state index is 0.462. The lowest BCUT2D eigenvalue weighted by Crippen LogP contribution is -2.06. The molecular formula is C9H7BrN2O2. The Kier molecular flexibility index (Phi) is 2.03. The van der Waals surface area contributed by atoms with Crippen molar-refractivity contribution in [3.05, 3.63) is 28.5 Å². The molecule has 0 spiro atoms. The molecule has 14 heavy (non-hydrogen) atoms. The Hall–Kier alpha value is -1.36. The topological polar surface area (TPSA) is 55.1 Å². The molecular weight excluding hydrogens is 248 g/mol. The molecule has 0 aliphatic rings. The van der Waals surface area contributed by atoms with Gasteiger partial charge in [-0.1, -0.05) is 0 Å². The van der Waals surface area contributed by atoms with Crippen LogP contribution in [0.2, 0.25) is 0 Å². The zero-order valence-corrected chi connectivity index (χ0v) is 8.95. The average molecular weight is 255 g/mol. The Morgan fingerprint density at radius 2 is 2.36 bits per heavy atom. The van der Waals surface area contributed by atoms with Gasteiger partial charge in [0, 0.05) is 21.7 Å². The number of hydrogen-bond acceptors (Lipinski definition) is 2. The van der Waals surface area contributed by atoms with E-state index in [9.17, 15) is 4.79 Å². The molecule has 0 unspecified atom stereocenters. The SMILES string of the molecule is Cc1cc(Br)c2ccn(C(=O)O)c2n1. The highest BCUT2D eigenvalue weighted by Gasteiger charge is 2.10. The van der Waals surface area contributed by atoms with Gasteiger partial charge in [-0.25, -0.2) is 14.3 Å². The number of fused-ring (bicyclic) bond motifs is 1. The molecule has 0 fully saturated rings. The maximum atomic E-state index is 10.8. The van der Waals surface area contributed by atoms with E-state index < -0.39 is 6.09 Å². The summed E-state index contributed by atoms with van der Waals surface area (Å²) in [6.07, 6.45) is 0.467. The Morgan fingerprint density at radius 3 is 3.00 bits per heavy atom. The van der Waals surface area contributed by atoms with E-state index in [-0.39, 0.29) is 0 Å². The molecule has 2 aromatic heterocycles. The molecule has 0 saturated carbocycles. The lowest BCUT2D eigenvalue weighted by Gasteiger charge is -1.99. The highest BCUT2D eigenvalue weighted by Crippen LogP contribution is 2.24. The van der Waals surface area contributed by atoms with Crippen LogP contribution in [0.25, 0.3) is 11.0 Å². The molecule has 0 bridgehead atoms. The third-order valence-electron chi connectivity index (χ3n) is 1.94. The van der Waals surface area contributed by atoms with E-state index >= 15 is 0 Å². The van der Waals surface area contributed by atoms with Gasteiger partial charge in [0.1, 0.15) is 0 Å². The number of carbonyl (C=O) groups is 1. The van der Waals surface area contributed by atoms with Crippen LogP contribution in [0.4, 0.5) is 4.79 Å². The van der Waals surface area contributed by atoms with Crippen molar-refractivity contribution in [3.63, 3.8) is 0 Å². The summed E-state index contributed by atoms with van der Waals surface area (Å²) in [5, 5.41) is 9.66. The number of carboxylic acid groups (broad SMARTS) is 1. The zero-order valence-electron chi connectivity index (χ0n) is 7.36. The Bertz CT molecular complexity index is 519. The van der Waals surface area contributed by atoms with Crippen LogP contribution in [-0.4, -0.2) is 20.8 Å². The van der Waals surface area contributed by atoms with Crippen molar-refractivity contribution in [1.29, 1.82) is 0 Å². The Balaban J connectivity index is 2.85. The van der Waals surface area contributed by atoms with Crippen LogP contribution in [0, 0.1) is 6.92 Å². The van der Waals surface area contributed by atoms with Gasteiger partial charge in [-0.15, -0.1) is 0 Å². The molecule has 0 aromatic carbocycles. The van der Waals surface area contributed by atoms with E-state index in [2.05, 4.69) is 20.9 Å². The first-order valence-corrected chi connectivity index (χ1v) is 4.76. The van der Waals surface area contributed by atoms with Crippen LogP contribution >= 0.6 is 15.9 Å². The minimum atomic E-state index is -1.02. The third kappa shape index (κ3) is 1.29. The van der Waals surface area contributed by atoms with Gasteiger partial charge in [-0.3, -0.25) is 0 Å². The Morgan fingerprint density at radius 1 is 1.64 bits per heavy atom. The number of rotatable bonds is 0. The molecule has 0 aliphatic carbocycles. The first-order valence-electron chi connectivity index (χ1n) is 3.97. The first kappa shape index (κ1) is 9.21. The summed E-state index contributed by atoms with van der Waals surface area (Å²) in [4.78, 5) is 15.0. The summed E-state index contributed by atoms with van der Waals surface area (Å²) >= 11 is 3.36. The number of aromatic nitrogens is 2. The highest BCUT2D eigenvalue weighted by atomic mass is 79.9. The standard InChI is InChI=1S/C9H7BrN2O2/c1-5-4-7(10)6-2-3-12(9(13)14)8(6)11-5/h2-4H,1H3,(H,13,14). The fourth-order valence-corrected chi connectivity index (χ4v) is 1.98. The maximum Gasteiger partial charge on any atom is 0.417 e. The Labute approximate surface area is 88.3 Å². The lowest BCUT2D eigenvalue weighted by molar-refractivity contribution is 0.197. The highest BCUT2D eigenvalue weighted by molar-refractivity contribution is 9.10. The van der Waals surface area contributed by atoms with Crippen LogP contribution in [-0.2, 0) is 0 Å². The van der Waals surface area contributed by atoms with E-state index in [1.165, 1.54) is 6.20 Å². The van der Waals surface area contributed by atoms with E-state index in [0.717, 1.165) is 20.1 Å². The molecule has 4 nitrogen and oxygen atoms in total. The fourth-order valence-electron chi connectivity index (χ4n) is 1.34. The van der Waals surface area contributed by atoms with Gasteiger partial charge in [0.2, 0.25) is 0 Å². The van der Waals surface area contributed by atoms with Crippen molar-refractivity contribution in [1.82, 2.24) is 9.55 Å². The predicted octanol–water partition coefficient (Wildman–Crippen LogP) is 2.63. The fraction of sp³-hybridized carbons (Fsp3) is 0.111. The summed E-state index contributed by atoms with van der Waals surface area (Å²) < 4.78 is 1.97. The zero-order chi connectivity index (χ0) is 10.3. The second-order valence-electron chi connectivity index (χ2n) is 2.95. The second-order valence-corrected chi connectivity index (χ2v) is 3.81. The summed E-state index contributed by atoms with van der Waals surface area (Å²) in [6, 6.07) is 3.58. The van der Waals surface area contributed by atoms with Crippen molar-refractivity contribution < 1.29 is 9.90 Å². The van der Waals surface area contributed by atoms with Crippen molar-refractivity contribution >= 4 is 33.1 Å². The third-order valence-corrected chi connectivity index (χ3v) is 2.60. The van der Waals surface area contributed by atoms with Crippen LogP contribution in [0.15, 0.2) is 22.8 Å². The maximum absolute atomic E-state index is 10.8. The van der Waals surface area contributed by atoms with Gasteiger partial charge in [-0.2, -0.15) is 0 Å². The van der Waals surface area contributed by atoms with Crippen molar-refractivity contribution in [2.75, 3.05) is 0 Å². The number of nitrogens with zero attached hydrogens (tertiary/aromatic N) is 2. The van der Waals surface area contributed by atoms with E-state index in [1.54, 1.807) is 6.07 Å². The normalized spacial score (nSPS) is 10.7. The van der Waals surface area contributed by atoms with Crippen LogP contribution in [0.1, 0.15) is 5.69 Å². The van der Waals surface area contributed by atoms with Gasteiger partial charge in [-0.05, 0) is 35.0 Å². The van der Waals surface area contributed by atoms with Gasteiger partial charge in [0.25, 0.3) is 0 Å². The van der Waals surface area contributed by atoms with Crippen molar-refractivity contribution in [3.8, 4) is 0 Å². The molecule has 0 radical (unpaired) electrons.